The van der Waals surface area contributed by atoms with Crippen LogP contribution < -0.4 is 5.32 Å². The fourth-order valence-corrected chi connectivity index (χ4v) is 3.61. The largest absolute Gasteiger partial charge is 0.307 e. The lowest BCUT2D eigenvalue weighted by Gasteiger charge is -2.26. The lowest BCUT2D eigenvalue weighted by molar-refractivity contribution is 0.376. The molecule has 0 saturated carbocycles. The maximum Gasteiger partial charge on any atom is 0.147 e. The van der Waals surface area contributed by atoms with Crippen LogP contribution in [-0.4, -0.2) is 26.0 Å². The van der Waals surface area contributed by atoms with Crippen molar-refractivity contribution >= 4 is 37.1 Å². The van der Waals surface area contributed by atoms with Crippen LogP contribution in [0.25, 0.3) is 0 Å². The summed E-state index contributed by atoms with van der Waals surface area (Å²) in [4.78, 5) is 1.23. The fraction of sp³-hybridized carbons (Fsp3) is 0.636. The van der Waals surface area contributed by atoms with Gasteiger partial charge in [0, 0.05) is 27.7 Å². The Hall–Kier alpha value is 0.0900. The van der Waals surface area contributed by atoms with Crippen LogP contribution in [0.1, 0.15) is 25.1 Å². The van der Waals surface area contributed by atoms with Gasteiger partial charge >= 0.3 is 0 Å². The molecule has 0 saturated heterocycles. The van der Waals surface area contributed by atoms with Crippen LogP contribution in [0.15, 0.2) is 15.9 Å². The van der Waals surface area contributed by atoms with Crippen molar-refractivity contribution < 1.29 is 8.42 Å². The number of halogens is 1. The molecule has 0 fully saturated rings. The normalized spacial score (nSPS) is 12.9. The third-order valence-corrected chi connectivity index (χ3v) is 5.39. The van der Waals surface area contributed by atoms with Gasteiger partial charge in [0.25, 0.3) is 0 Å². The Kier molecular flexibility index (Phi) is 5.19. The number of thiophene rings is 1. The summed E-state index contributed by atoms with van der Waals surface area (Å²) in [5.74, 6) is 0.221. The molecule has 0 aromatic carbocycles. The minimum atomic E-state index is -2.88. The first-order valence-electron chi connectivity index (χ1n) is 5.34. The highest BCUT2D eigenvalue weighted by atomic mass is 79.9. The van der Waals surface area contributed by atoms with E-state index in [0.29, 0.717) is 6.42 Å². The third kappa shape index (κ3) is 5.99. The van der Waals surface area contributed by atoms with E-state index in [1.54, 1.807) is 11.3 Å². The number of hydrogen-bond donors (Lipinski definition) is 1. The topological polar surface area (TPSA) is 46.2 Å². The van der Waals surface area contributed by atoms with Crippen LogP contribution in [0.3, 0.4) is 0 Å². The second-order valence-corrected chi connectivity index (χ2v) is 8.92. The van der Waals surface area contributed by atoms with Crippen LogP contribution in [0.4, 0.5) is 0 Å². The molecule has 1 aromatic heterocycles. The van der Waals surface area contributed by atoms with Gasteiger partial charge in [0.15, 0.2) is 0 Å². The Morgan fingerprint density at radius 3 is 2.59 bits per heavy atom. The highest BCUT2D eigenvalue weighted by molar-refractivity contribution is 9.10. The summed E-state index contributed by atoms with van der Waals surface area (Å²) in [7, 11) is -2.88. The van der Waals surface area contributed by atoms with Crippen molar-refractivity contribution in [1.29, 1.82) is 0 Å². The molecule has 0 aliphatic carbocycles. The van der Waals surface area contributed by atoms with Crippen LogP contribution in [0.2, 0.25) is 0 Å². The van der Waals surface area contributed by atoms with E-state index in [-0.39, 0.29) is 11.3 Å². The second-order valence-electron chi connectivity index (χ2n) is 4.81. The molecule has 6 heteroatoms. The van der Waals surface area contributed by atoms with Gasteiger partial charge in [-0.25, -0.2) is 8.42 Å². The van der Waals surface area contributed by atoms with E-state index < -0.39 is 9.84 Å². The van der Waals surface area contributed by atoms with Crippen molar-refractivity contribution in [1.82, 2.24) is 5.32 Å². The zero-order chi connectivity index (χ0) is 13.1. The zero-order valence-corrected chi connectivity index (χ0v) is 13.5. The number of sulfone groups is 1. The Balaban J connectivity index is 2.47. The molecule has 1 heterocycles. The van der Waals surface area contributed by atoms with Crippen LogP contribution >= 0.6 is 27.3 Å². The molecule has 0 bridgehead atoms. The smallest absolute Gasteiger partial charge is 0.147 e. The number of rotatable bonds is 6. The van der Waals surface area contributed by atoms with E-state index in [4.69, 9.17) is 0 Å². The third-order valence-electron chi connectivity index (χ3n) is 2.52. The standard InChI is InChI=1S/C11H18BrNO2S2/c1-11(2,5-7-17(3,14)15)13-8-10-9(12)4-6-16-10/h4,6,13H,5,7-8H2,1-3H3. The van der Waals surface area contributed by atoms with Crippen molar-refractivity contribution in [3.8, 4) is 0 Å². The minimum absolute atomic E-state index is 0.174. The van der Waals surface area contributed by atoms with E-state index in [1.807, 2.05) is 25.3 Å². The lowest BCUT2D eigenvalue weighted by Crippen LogP contribution is -2.40. The maximum absolute atomic E-state index is 11.1. The van der Waals surface area contributed by atoms with Gasteiger partial charge in [-0.2, -0.15) is 0 Å². The molecule has 1 rings (SSSR count). The molecule has 0 aliphatic heterocycles. The summed E-state index contributed by atoms with van der Waals surface area (Å²) in [5, 5.41) is 5.42. The summed E-state index contributed by atoms with van der Waals surface area (Å²) in [5.41, 5.74) is -0.174. The Morgan fingerprint density at radius 1 is 1.47 bits per heavy atom. The lowest BCUT2D eigenvalue weighted by atomic mass is 10.0. The quantitative estimate of drug-likeness (QED) is 0.866. The first-order valence-corrected chi connectivity index (χ1v) is 9.07. The van der Waals surface area contributed by atoms with Crippen LogP contribution in [0.5, 0.6) is 0 Å². The molecule has 1 N–H and O–H groups in total. The molecule has 0 atom stereocenters. The summed E-state index contributed by atoms with van der Waals surface area (Å²) < 4.78 is 23.4. The fourth-order valence-electron chi connectivity index (χ4n) is 1.30. The molecule has 1 aromatic rings. The van der Waals surface area contributed by atoms with Gasteiger partial charge in [0.2, 0.25) is 0 Å². The van der Waals surface area contributed by atoms with Gasteiger partial charge < -0.3 is 5.32 Å². The number of nitrogens with one attached hydrogen (secondary N) is 1. The second kappa shape index (κ2) is 5.82. The van der Waals surface area contributed by atoms with Crippen molar-refractivity contribution in [2.75, 3.05) is 12.0 Å². The Bertz CT molecular complexity index is 466. The monoisotopic (exact) mass is 339 g/mol. The summed E-state index contributed by atoms with van der Waals surface area (Å²) in [6.07, 6.45) is 1.90. The van der Waals surface area contributed by atoms with Crippen LogP contribution in [0, 0.1) is 0 Å². The molecule has 0 spiro atoms. The highest BCUT2D eigenvalue weighted by Crippen LogP contribution is 2.23. The van der Waals surface area contributed by atoms with Crippen molar-refractivity contribution in [2.24, 2.45) is 0 Å². The van der Waals surface area contributed by atoms with E-state index in [1.165, 1.54) is 11.1 Å². The molecule has 98 valence electrons. The average Bonchev–Trinajstić information content (AvgIpc) is 2.58. The first-order chi connectivity index (χ1) is 7.70. The average molecular weight is 340 g/mol. The van der Waals surface area contributed by atoms with Gasteiger partial charge in [-0.15, -0.1) is 11.3 Å². The summed E-state index contributed by atoms with van der Waals surface area (Å²) in [6.45, 7) is 4.81. The first kappa shape index (κ1) is 15.1. The Labute approximate surface area is 116 Å². The molecule has 3 nitrogen and oxygen atoms in total. The predicted molar refractivity (Wildman–Crippen MR) is 77.3 cm³/mol. The molecular formula is C11H18BrNO2S2. The van der Waals surface area contributed by atoms with Crippen molar-refractivity contribution in [2.45, 2.75) is 32.4 Å². The van der Waals surface area contributed by atoms with Gasteiger partial charge in [-0.05, 0) is 47.6 Å². The molecule has 0 aliphatic rings. The predicted octanol–water partition coefficient (Wildman–Crippen LogP) is 2.81. The SMILES string of the molecule is CC(C)(CCS(C)(=O)=O)NCc1sccc1Br. The van der Waals surface area contributed by atoms with E-state index in [2.05, 4.69) is 21.2 Å². The summed E-state index contributed by atoms with van der Waals surface area (Å²) in [6, 6.07) is 2.02. The van der Waals surface area contributed by atoms with E-state index >= 15 is 0 Å². The summed E-state index contributed by atoms with van der Waals surface area (Å²) >= 11 is 5.17. The maximum atomic E-state index is 11.1. The zero-order valence-electron chi connectivity index (χ0n) is 10.3. The van der Waals surface area contributed by atoms with Gasteiger partial charge in [-0.3, -0.25) is 0 Å². The van der Waals surface area contributed by atoms with E-state index in [0.717, 1.165) is 11.0 Å². The molecular weight excluding hydrogens is 322 g/mol. The number of hydrogen-bond acceptors (Lipinski definition) is 4. The van der Waals surface area contributed by atoms with Crippen molar-refractivity contribution in [3.63, 3.8) is 0 Å². The Morgan fingerprint density at radius 2 is 2.12 bits per heavy atom. The molecule has 17 heavy (non-hydrogen) atoms. The molecule has 0 amide bonds. The highest BCUT2D eigenvalue weighted by Gasteiger charge is 2.19. The van der Waals surface area contributed by atoms with Crippen LogP contribution in [-0.2, 0) is 16.4 Å². The van der Waals surface area contributed by atoms with Gasteiger partial charge in [0.1, 0.15) is 9.84 Å². The van der Waals surface area contributed by atoms with Gasteiger partial charge in [0.05, 0.1) is 5.75 Å². The van der Waals surface area contributed by atoms with Crippen molar-refractivity contribution in [3.05, 3.63) is 20.8 Å². The molecule has 0 radical (unpaired) electrons. The molecule has 0 unspecified atom stereocenters. The minimum Gasteiger partial charge on any atom is -0.307 e. The van der Waals surface area contributed by atoms with Gasteiger partial charge in [-0.1, -0.05) is 0 Å². The van der Waals surface area contributed by atoms with E-state index in [9.17, 15) is 8.42 Å².